The summed E-state index contributed by atoms with van der Waals surface area (Å²) in [5.41, 5.74) is 7.39. The number of aromatic nitrogens is 1. The van der Waals surface area contributed by atoms with Gasteiger partial charge in [0.2, 0.25) is 17.7 Å². The van der Waals surface area contributed by atoms with Crippen molar-refractivity contribution in [3.63, 3.8) is 0 Å². The topological polar surface area (TPSA) is 204 Å². The van der Waals surface area contributed by atoms with Crippen LogP contribution in [-0.4, -0.2) is 81.5 Å². The van der Waals surface area contributed by atoms with Crippen LogP contribution in [0.25, 0.3) is 10.9 Å². The maximum Gasteiger partial charge on any atom is 0.322 e. The molecule has 0 fully saturated rings. The number of carbonyl (C=O) groups excluding carboxylic acids is 3. The highest BCUT2D eigenvalue weighted by Crippen LogP contribution is 2.19. The zero-order valence-electron chi connectivity index (χ0n) is 19.8. The average molecular weight is 522 g/mol. The molecule has 13 heteroatoms. The number of para-hydroxylation sites is 1. The molecule has 1 aromatic heterocycles. The van der Waals surface area contributed by atoms with Gasteiger partial charge in [-0.25, -0.2) is 0 Å². The summed E-state index contributed by atoms with van der Waals surface area (Å²) in [6.45, 7) is -0.650. The maximum absolute atomic E-state index is 13.1. The van der Waals surface area contributed by atoms with Gasteiger partial charge < -0.3 is 36.9 Å². The molecule has 0 spiro atoms. The maximum atomic E-state index is 13.1. The molecule has 0 bridgehead atoms. The molecule has 0 radical (unpaired) electrons. The highest BCUT2D eigenvalue weighted by molar-refractivity contribution is 7.98. The van der Waals surface area contributed by atoms with E-state index in [2.05, 4.69) is 20.9 Å². The van der Waals surface area contributed by atoms with E-state index >= 15 is 0 Å². The predicted octanol–water partition coefficient (Wildman–Crippen LogP) is -0.174. The number of carbonyl (C=O) groups is 5. The lowest BCUT2D eigenvalue weighted by atomic mass is 10.0. The molecule has 3 amide bonds. The van der Waals surface area contributed by atoms with Gasteiger partial charge in [-0.3, -0.25) is 24.0 Å². The Hall–Kier alpha value is -3.58. The van der Waals surface area contributed by atoms with Gasteiger partial charge in [-0.2, -0.15) is 11.8 Å². The molecule has 0 saturated heterocycles. The summed E-state index contributed by atoms with van der Waals surface area (Å²) >= 11 is 1.50. The molecule has 1 aromatic carbocycles. The smallest absolute Gasteiger partial charge is 0.322 e. The highest BCUT2D eigenvalue weighted by Gasteiger charge is 2.29. The van der Waals surface area contributed by atoms with Gasteiger partial charge in [-0.15, -0.1) is 0 Å². The number of thioether (sulfide) groups is 1. The van der Waals surface area contributed by atoms with Crippen LogP contribution < -0.4 is 21.7 Å². The molecule has 0 aliphatic heterocycles. The van der Waals surface area contributed by atoms with E-state index < -0.39 is 60.8 Å². The van der Waals surface area contributed by atoms with Gasteiger partial charge in [0.1, 0.15) is 18.6 Å². The number of amides is 3. The van der Waals surface area contributed by atoms with Crippen molar-refractivity contribution in [2.45, 2.75) is 43.8 Å². The Bertz CT molecular complexity index is 1090. The number of rotatable bonds is 15. The van der Waals surface area contributed by atoms with E-state index in [1.165, 1.54) is 11.8 Å². The summed E-state index contributed by atoms with van der Waals surface area (Å²) in [5.74, 6) is -3.93. The van der Waals surface area contributed by atoms with Crippen molar-refractivity contribution in [1.82, 2.24) is 20.9 Å². The van der Waals surface area contributed by atoms with Crippen molar-refractivity contribution in [2.24, 2.45) is 5.73 Å². The molecule has 2 rings (SSSR count). The van der Waals surface area contributed by atoms with Gasteiger partial charge in [0.25, 0.3) is 0 Å². The van der Waals surface area contributed by atoms with Crippen molar-refractivity contribution >= 4 is 52.3 Å². The fourth-order valence-electron chi connectivity index (χ4n) is 3.48. The molecule has 2 aromatic rings. The van der Waals surface area contributed by atoms with Crippen LogP contribution >= 0.6 is 11.8 Å². The summed E-state index contributed by atoms with van der Waals surface area (Å²) in [6, 6.07) is 3.99. The fraction of sp³-hybridized carbons (Fsp3) is 0.435. The molecule has 3 unspecified atom stereocenters. The molecular weight excluding hydrogens is 490 g/mol. The van der Waals surface area contributed by atoms with Crippen LogP contribution in [0.2, 0.25) is 0 Å². The zero-order valence-corrected chi connectivity index (χ0v) is 20.6. The third-order valence-electron chi connectivity index (χ3n) is 5.40. The molecule has 196 valence electrons. The van der Waals surface area contributed by atoms with Gasteiger partial charge in [-0.1, -0.05) is 18.2 Å². The Morgan fingerprint density at radius 2 is 1.67 bits per heavy atom. The number of hydrogen-bond acceptors (Lipinski definition) is 7. The highest BCUT2D eigenvalue weighted by atomic mass is 32.2. The van der Waals surface area contributed by atoms with Crippen LogP contribution in [0.1, 0.15) is 24.8 Å². The van der Waals surface area contributed by atoms with E-state index in [-0.39, 0.29) is 12.8 Å². The molecule has 1 heterocycles. The number of carboxylic acid groups (broad SMARTS) is 2. The molecule has 0 saturated carbocycles. The lowest BCUT2D eigenvalue weighted by molar-refractivity contribution is -0.138. The van der Waals surface area contributed by atoms with Gasteiger partial charge in [0.15, 0.2) is 0 Å². The quantitative estimate of drug-likeness (QED) is 0.166. The van der Waals surface area contributed by atoms with Crippen LogP contribution in [0.4, 0.5) is 0 Å². The van der Waals surface area contributed by atoms with E-state index in [1.807, 2.05) is 30.5 Å². The number of aliphatic carboxylic acids is 2. The van der Waals surface area contributed by atoms with Crippen molar-refractivity contribution in [2.75, 3.05) is 18.6 Å². The Labute approximate surface area is 211 Å². The summed E-state index contributed by atoms with van der Waals surface area (Å²) in [4.78, 5) is 63.5. The fourth-order valence-corrected chi connectivity index (χ4v) is 3.97. The van der Waals surface area contributed by atoms with Gasteiger partial charge in [0.05, 0.1) is 6.04 Å². The van der Waals surface area contributed by atoms with Crippen LogP contribution in [0, 0.1) is 0 Å². The van der Waals surface area contributed by atoms with Gasteiger partial charge in [-0.05, 0) is 36.5 Å². The summed E-state index contributed by atoms with van der Waals surface area (Å²) < 4.78 is 0. The second kappa shape index (κ2) is 14.1. The second-order valence-electron chi connectivity index (χ2n) is 8.12. The third kappa shape index (κ3) is 8.89. The number of carboxylic acids is 2. The molecule has 0 aliphatic carbocycles. The van der Waals surface area contributed by atoms with E-state index in [9.17, 15) is 24.0 Å². The van der Waals surface area contributed by atoms with Crippen LogP contribution in [0.15, 0.2) is 30.5 Å². The number of nitrogens with one attached hydrogen (secondary N) is 4. The molecule has 12 nitrogen and oxygen atoms in total. The van der Waals surface area contributed by atoms with E-state index in [0.29, 0.717) is 17.7 Å². The largest absolute Gasteiger partial charge is 0.481 e. The van der Waals surface area contributed by atoms with Crippen molar-refractivity contribution in [3.05, 3.63) is 36.0 Å². The van der Waals surface area contributed by atoms with Crippen molar-refractivity contribution in [3.8, 4) is 0 Å². The Morgan fingerprint density at radius 3 is 2.33 bits per heavy atom. The number of nitrogens with two attached hydrogens (primary N) is 1. The number of benzene rings is 1. The lowest BCUT2D eigenvalue weighted by Gasteiger charge is -2.24. The predicted molar refractivity (Wildman–Crippen MR) is 134 cm³/mol. The molecule has 36 heavy (non-hydrogen) atoms. The lowest BCUT2D eigenvalue weighted by Crippen LogP contribution is -2.56. The summed E-state index contributed by atoms with van der Waals surface area (Å²) in [7, 11) is 0. The third-order valence-corrected chi connectivity index (χ3v) is 6.04. The number of H-pyrrole nitrogens is 1. The minimum atomic E-state index is -1.26. The number of aromatic amines is 1. The molecule has 3 atom stereocenters. The molecule has 0 aliphatic rings. The number of hydrogen-bond donors (Lipinski definition) is 7. The standard InChI is InChI=1S/C23H31N5O7S/c1-36-9-8-15(24)21(33)27-17(6-7-19(29)30)23(35)28-18(22(34)26-12-20(31)32)10-13-11-25-16-5-3-2-4-14(13)16/h2-5,11,15,17-18,25H,6-10,12,24H2,1H3,(H,26,34)(H,27,33)(H,28,35)(H,29,30)(H,31,32). The molecular formula is C23H31N5O7S. The summed E-state index contributed by atoms with van der Waals surface area (Å²) in [5, 5.41) is 26.1. The zero-order chi connectivity index (χ0) is 26.7. The normalized spacial score (nSPS) is 13.4. The first kappa shape index (κ1) is 28.7. The minimum Gasteiger partial charge on any atom is -0.481 e. The van der Waals surface area contributed by atoms with Crippen molar-refractivity contribution in [1.29, 1.82) is 0 Å². The second-order valence-corrected chi connectivity index (χ2v) is 9.10. The average Bonchev–Trinajstić information content (AvgIpc) is 3.25. The van der Waals surface area contributed by atoms with Gasteiger partial charge >= 0.3 is 11.9 Å². The first-order chi connectivity index (χ1) is 17.1. The molecule has 8 N–H and O–H groups in total. The van der Waals surface area contributed by atoms with Crippen LogP contribution in [-0.2, 0) is 30.4 Å². The van der Waals surface area contributed by atoms with Crippen LogP contribution in [0.3, 0.4) is 0 Å². The van der Waals surface area contributed by atoms with E-state index in [1.54, 1.807) is 6.20 Å². The van der Waals surface area contributed by atoms with E-state index in [4.69, 9.17) is 15.9 Å². The number of fused-ring (bicyclic) bond motifs is 1. The Kier molecular flexibility index (Phi) is 11.2. The van der Waals surface area contributed by atoms with Crippen molar-refractivity contribution < 1.29 is 34.2 Å². The Balaban J connectivity index is 2.22. The van der Waals surface area contributed by atoms with Crippen LogP contribution in [0.5, 0.6) is 0 Å². The first-order valence-corrected chi connectivity index (χ1v) is 12.6. The van der Waals surface area contributed by atoms with E-state index in [0.717, 1.165) is 10.9 Å². The SMILES string of the molecule is CSCCC(N)C(=O)NC(CCC(=O)O)C(=O)NC(Cc1c[nH]c2ccccc12)C(=O)NCC(=O)O. The van der Waals surface area contributed by atoms with Gasteiger partial charge in [0, 0.05) is 29.9 Å². The summed E-state index contributed by atoms with van der Waals surface area (Å²) in [6.07, 6.45) is 3.30. The monoisotopic (exact) mass is 521 g/mol. The first-order valence-electron chi connectivity index (χ1n) is 11.2. The minimum absolute atomic E-state index is 0.0219. The Morgan fingerprint density at radius 1 is 0.972 bits per heavy atom.